The zero-order chi connectivity index (χ0) is 21.9. The molecule has 0 unspecified atom stereocenters. The number of aryl methyl sites for hydroxylation is 2. The average Bonchev–Trinajstić information content (AvgIpc) is 2.72. The van der Waals surface area contributed by atoms with Crippen LogP contribution in [-0.2, 0) is 14.3 Å². The maximum atomic E-state index is 12.3. The molecule has 2 aromatic carbocycles. The molecule has 5 nitrogen and oxygen atoms in total. The second kappa shape index (κ2) is 12.2. The Morgan fingerprint density at radius 3 is 2.40 bits per heavy atom. The van der Waals surface area contributed by atoms with Gasteiger partial charge >= 0.3 is 5.97 Å². The topological polar surface area (TPSA) is 72.5 Å². The van der Waals surface area contributed by atoms with Crippen molar-refractivity contribution in [3.05, 3.63) is 59.2 Å². The summed E-state index contributed by atoms with van der Waals surface area (Å²) in [6, 6.07) is 12.7. The van der Waals surface area contributed by atoms with Crippen LogP contribution in [0.3, 0.4) is 0 Å². The third kappa shape index (κ3) is 8.03. The summed E-state index contributed by atoms with van der Waals surface area (Å²) in [4.78, 5) is 37.1. The molecule has 0 heterocycles. The van der Waals surface area contributed by atoms with E-state index in [4.69, 9.17) is 4.74 Å². The van der Waals surface area contributed by atoms with Crippen LogP contribution < -0.4 is 5.32 Å². The molecule has 6 heteroatoms. The Hall–Kier alpha value is -2.60. The monoisotopic (exact) mass is 427 g/mol. The number of rotatable bonds is 11. The van der Waals surface area contributed by atoms with Gasteiger partial charge in [0, 0.05) is 22.6 Å². The summed E-state index contributed by atoms with van der Waals surface area (Å²) in [5, 5.41) is 2.82. The lowest BCUT2D eigenvalue weighted by atomic mass is 10.1. The third-order valence-corrected chi connectivity index (χ3v) is 5.69. The maximum Gasteiger partial charge on any atom is 0.316 e. The fourth-order valence-corrected chi connectivity index (χ4v) is 3.68. The minimum Gasteiger partial charge on any atom is -0.457 e. The first-order chi connectivity index (χ1) is 14.4. The lowest BCUT2D eigenvalue weighted by Crippen LogP contribution is -2.16. The second-order valence-corrected chi connectivity index (χ2v) is 8.24. The minimum atomic E-state index is -0.427. The first kappa shape index (κ1) is 23.7. The van der Waals surface area contributed by atoms with Crippen LogP contribution in [-0.4, -0.2) is 30.0 Å². The Bertz CT molecular complexity index is 877. The number of hydrogen-bond acceptors (Lipinski definition) is 5. The van der Waals surface area contributed by atoms with Crippen LogP contribution in [0.2, 0.25) is 0 Å². The third-order valence-electron chi connectivity index (χ3n) is 4.54. The molecular weight excluding hydrogens is 398 g/mol. The maximum absolute atomic E-state index is 12.3. The fourth-order valence-electron chi connectivity index (χ4n) is 2.87. The Labute approximate surface area is 182 Å². The number of thioether (sulfide) groups is 1. The van der Waals surface area contributed by atoms with Crippen molar-refractivity contribution in [2.45, 2.75) is 51.3 Å². The van der Waals surface area contributed by atoms with Crippen molar-refractivity contribution in [1.29, 1.82) is 0 Å². The molecule has 0 bridgehead atoms. The van der Waals surface area contributed by atoms with Gasteiger partial charge in [0.15, 0.2) is 12.4 Å². The van der Waals surface area contributed by atoms with Gasteiger partial charge in [-0.2, -0.15) is 0 Å². The van der Waals surface area contributed by atoms with Crippen molar-refractivity contribution >= 4 is 35.1 Å². The second-order valence-electron chi connectivity index (χ2n) is 7.22. The highest BCUT2D eigenvalue weighted by Gasteiger charge is 2.12. The molecule has 2 aromatic rings. The number of unbranched alkanes of at least 4 members (excludes halogenated alkanes) is 2. The molecule has 0 spiro atoms. The number of esters is 1. The van der Waals surface area contributed by atoms with Gasteiger partial charge in [-0.3, -0.25) is 14.4 Å². The average molecular weight is 428 g/mol. The van der Waals surface area contributed by atoms with E-state index in [0.29, 0.717) is 17.7 Å². The van der Waals surface area contributed by atoms with Gasteiger partial charge in [0.05, 0.1) is 5.75 Å². The van der Waals surface area contributed by atoms with E-state index in [2.05, 4.69) is 18.3 Å². The molecule has 0 aliphatic heterocycles. The van der Waals surface area contributed by atoms with Crippen molar-refractivity contribution in [1.82, 2.24) is 0 Å². The molecule has 0 aliphatic rings. The molecule has 30 heavy (non-hydrogen) atoms. The van der Waals surface area contributed by atoms with Crippen LogP contribution in [0.15, 0.2) is 47.4 Å². The molecule has 0 aromatic heterocycles. The lowest BCUT2D eigenvalue weighted by Gasteiger charge is -2.08. The van der Waals surface area contributed by atoms with E-state index in [0.717, 1.165) is 29.7 Å². The molecule has 0 aliphatic carbocycles. The van der Waals surface area contributed by atoms with E-state index >= 15 is 0 Å². The van der Waals surface area contributed by atoms with E-state index in [1.54, 1.807) is 24.3 Å². The van der Waals surface area contributed by atoms with Crippen LogP contribution in [0.5, 0.6) is 0 Å². The van der Waals surface area contributed by atoms with Crippen molar-refractivity contribution in [2.75, 3.05) is 17.7 Å². The van der Waals surface area contributed by atoms with Gasteiger partial charge in [0.2, 0.25) is 5.91 Å². The van der Waals surface area contributed by atoms with Gasteiger partial charge in [0.1, 0.15) is 0 Å². The smallest absolute Gasteiger partial charge is 0.316 e. The van der Waals surface area contributed by atoms with Crippen LogP contribution in [0, 0.1) is 13.8 Å². The van der Waals surface area contributed by atoms with E-state index in [1.807, 2.05) is 26.0 Å². The van der Waals surface area contributed by atoms with Gasteiger partial charge in [-0.05, 0) is 56.2 Å². The molecule has 0 radical (unpaired) electrons. The Morgan fingerprint density at radius 2 is 1.73 bits per heavy atom. The number of hydrogen-bond donors (Lipinski definition) is 1. The molecule has 0 saturated carbocycles. The number of ketones is 1. The molecule has 0 fully saturated rings. The molecule has 1 amide bonds. The molecule has 1 N–H and O–H groups in total. The summed E-state index contributed by atoms with van der Waals surface area (Å²) in [7, 11) is 0. The van der Waals surface area contributed by atoms with E-state index in [9.17, 15) is 14.4 Å². The van der Waals surface area contributed by atoms with Crippen molar-refractivity contribution in [3.8, 4) is 0 Å². The molecule has 160 valence electrons. The van der Waals surface area contributed by atoms with Crippen LogP contribution in [0.25, 0.3) is 0 Å². The largest absolute Gasteiger partial charge is 0.457 e. The predicted octanol–water partition coefficient (Wildman–Crippen LogP) is 5.34. The number of amides is 1. The number of carbonyl (C=O) groups is 3. The van der Waals surface area contributed by atoms with Gasteiger partial charge in [-0.15, -0.1) is 11.8 Å². The summed E-state index contributed by atoms with van der Waals surface area (Å²) < 4.78 is 5.11. The summed E-state index contributed by atoms with van der Waals surface area (Å²) in [5.74, 6) is -0.581. The molecule has 0 atom stereocenters. The number of carbonyl (C=O) groups excluding carboxylic acids is 3. The number of anilines is 1. The van der Waals surface area contributed by atoms with Crippen molar-refractivity contribution < 1.29 is 19.1 Å². The van der Waals surface area contributed by atoms with Crippen molar-refractivity contribution in [2.24, 2.45) is 0 Å². The fraction of sp³-hybridized carbons (Fsp3) is 0.375. The van der Waals surface area contributed by atoms with Crippen LogP contribution in [0.4, 0.5) is 5.69 Å². The van der Waals surface area contributed by atoms with Gasteiger partial charge < -0.3 is 10.1 Å². The Balaban J connectivity index is 1.76. The molecule has 2 rings (SSSR count). The van der Waals surface area contributed by atoms with Gasteiger partial charge in [-0.1, -0.05) is 37.5 Å². The number of Topliss-reactive ketones (excluding diaryl/α,β-unsaturated/α-hetero) is 1. The lowest BCUT2D eigenvalue weighted by molar-refractivity contribution is -0.139. The first-order valence-corrected chi connectivity index (χ1v) is 11.2. The summed E-state index contributed by atoms with van der Waals surface area (Å²) in [6.45, 7) is 5.82. The zero-order valence-electron chi connectivity index (χ0n) is 17.8. The highest BCUT2D eigenvalue weighted by atomic mass is 32.2. The molecule has 0 saturated heterocycles. The van der Waals surface area contributed by atoms with Crippen molar-refractivity contribution in [3.63, 3.8) is 0 Å². The Kier molecular flexibility index (Phi) is 9.61. The Morgan fingerprint density at radius 1 is 1.00 bits per heavy atom. The summed E-state index contributed by atoms with van der Waals surface area (Å²) in [5.41, 5.74) is 3.37. The highest BCUT2D eigenvalue weighted by molar-refractivity contribution is 8.00. The summed E-state index contributed by atoms with van der Waals surface area (Å²) in [6.07, 6.45) is 3.46. The summed E-state index contributed by atoms with van der Waals surface area (Å²) >= 11 is 1.40. The quantitative estimate of drug-likeness (QED) is 0.227. The number of nitrogens with one attached hydrogen (secondary N) is 1. The number of benzene rings is 2. The minimum absolute atomic E-state index is 0.0298. The predicted molar refractivity (Wildman–Crippen MR) is 121 cm³/mol. The molecular formula is C24H29NO4S. The highest BCUT2D eigenvalue weighted by Crippen LogP contribution is 2.23. The SMILES string of the molecule is CCCCCC(=O)Nc1ccc(C(=O)COC(=O)CSc2ccc(C)cc2C)cc1. The first-order valence-electron chi connectivity index (χ1n) is 10.2. The van der Waals surface area contributed by atoms with Crippen LogP contribution >= 0.6 is 11.8 Å². The zero-order valence-corrected chi connectivity index (χ0v) is 18.6. The van der Waals surface area contributed by atoms with Crippen LogP contribution in [0.1, 0.15) is 54.1 Å². The normalized spacial score (nSPS) is 10.5. The van der Waals surface area contributed by atoms with Gasteiger partial charge in [0.25, 0.3) is 0 Å². The number of ether oxygens (including phenoxy) is 1. The van der Waals surface area contributed by atoms with Gasteiger partial charge in [-0.25, -0.2) is 0 Å². The standard InChI is InChI=1S/C24H29NO4S/c1-4-5-6-7-23(27)25-20-11-9-19(10-12-20)21(26)15-29-24(28)16-30-22-13-8-17(2)14-18(22)3/h8-14H,4-7,15-16H2,1-3H3,(H,25,27). The van der Waals surface area contributed by atoms with E-state index in [1.165, 1.54) is 17.3 Å². The van der Waals surface area contributed by atoms with E-state index < -0.39 is 5.97 Å². The van der Waals surface area contributed by atoms with E-state index in [-0.39, 0.29) is 24.1 Å².